The van der Waals surface area contributed by atoms with Gasteiger partial charge in [0.1, 0.15) is 11.8 Å². The van der Waals surface area contributed by atoms with Crippen molar-refractivity contribution in [1.82, 2.24) is 10.2 Å². The molecule has 1 heterocycles. The Kier molecular flexibility index (Phi) is 8.81. The first-order valence-corrected chi connectivity index (χ1v) is 14.2. The van der Waals surface area contributed by atoms with E-state index in [1.54, 1.807) is 4.90 Å². The van der Waals surface area contributed by atoms with Crippen LogP contribution in [0.4, 0.5) is 0 Å². The van der Waals surface area contributed by atoms with Crippen molar-refractivity contribution in [2.75, 3.05) is 0 Å². The van der Waals surface area contributed by atoms with E-state index in [2.05, 4.69) is 26.1 Å². The van der Waals surface area contributed by atoms with E-state index < -0.39 is 12.0 Å². The second-order valence-electron chi connectivity index (χ2n) is 12.3. The van der Waals surface area contributed by atoms with Gasteiger partial charge in [-0.1, -0.05) is 88.6 Å². The lowest BCUT2D eigenvalue weighted by molar-refractivity contribution is -0.154. The predicted molar refractivity (Wildman–Crippen MR) is 150 cm³/mol. The maximum atomic E-state index is 14.2. The minimum Gasteiger partial charge on any atom is -0.491 e. The summed E-state index contributed by atoms with van der Waals surface area (Å²) in [5, 5.41) is 14.4. The fraction of sp³-hybridized carbons (Fsp3) is 0.562. The largest absolute Gasteiger partial charge is 0.491 e. The normalized spacial score (nSPS) is 24.5. The van der Waals surface area contributed by atoms with Gasteiger partial charge < -0.3 is 20.1 Å². The van der Waals surface area contributed by atoms with Gasteiger partial charge in [-0.25, -0.2) is 4.79 Å². The molecule has 4 rings (SSSR count). The highest BCUT2D eigenvalue weighted by Gasteiger charge is 2.58. The summed E-state index contributed by atoms with van der Waals surface area (Å²) in [4.78, 5) is 28.9. The lowest BCUT2D eigenvalue weighted by atomic mass is 9.72. The number of hydrogen-bond donors (Lipinski definition) is 2. The maximum Gasteiger partial charge on any atom is 0.326 e. The number of nitrogens with zero attached hydrogens (tertiary/aromatic N) is 1. The number of carbonyl (C=O) groups is 2. The number of nitrogens with one attached hydrogen (secondary N) is 1. The second kappa shape index (κ2) is 11.9. The van der Waals surface area contributed by atoms with E-state index in [9.17, 15) is 14.7 Å². The van der Waals surface area contributed by atoms with Gasteiger partial charge in [0.05, 0.1) is 12.1 Å². The van der Waals surface area contributed by atoms with Crippen LogP contribution in [0.15, 0.2) is 54.6 Å². The zero-order valence-corrected chi connectivity index (χ0v) is 23.5. The van der Waals surface area contributed by atoms with Gasteiger partial charge in [0, 0.05) is 30.0 Å². The van der Waals surface area contributed by atoms with E-state index in [0.717, 1.165) is 49.0 Å². The molecule has 1 aliphatic heterocycles. The molecule has 1 amide bonds. The van der Waals surface area contributed by atoms with Crippen molar-refractivity contribution in [2.24, 2.45) is 17.3 Å². The van der Waals surface area contributed by atoms with E-state index in [1.807, 2.05) is 68.4 Å². The molecule has 0 bridgehead atoms. The number of carbonyl (C=O) groups excluding carboxylic acids is 1. The highest BCUT2D eigenvalue weighted by Crippen LogP contribution is 2.49. The quantitative estimate of drug-likeness (QED) is 0.433. The van der Waals surface area contributed by atoms with Crippen molar-refractivity contribution in [2.45, 2.75) is 97.5 Å². The summed E-state index contributed by atoms with van der Waals surface area (Å²) in [6, 6.07) is 16.4. The number of likely N-dealkylation sites (tertiary alicyclic amines) is 1. The van der Waals surface area contributed by atoms with Crippen molar-refractivity contribution >= 4 is 11.9 Å². The average molecular weight is 521 g/mol. The fourth-order valence-corrected chi connectivity index (χ4v) is 6.53. The summed E-state index contributed by atoms with van der Waals surface area (Å²) in [5.41, 5.74) is 1.63. The molecule has 6 heteroatoms. The highest BCUT2D eigenvalue weighted by atomic mass is 16.5. The number of carboxylic acid groups (broad SMARTS) is 1. The monoisotopic (exact) mass is 520 g/mol. The molecule has 4 atom stereocenters. The average Bonchev–Trinajstić information content (AvgIpc) is 3.24. The van der Waals surface area contributed by atoms with Crippen molar-refractivity contribution in [1.29, 1.82) is 0 Å². The van der Waals surface area contributed by atoms with Crippen molar-refractivity contribution in [3.8, 4) is 5.75 Å². The van der Waals surface area contributed by atoms with E-state index in [1.165, 1.54) is 0 Å². The van der Waals surface area contributed by atoms with Crippen LogP contribution in [0.5, 0.6) is 5.75 Å². The number of carboxylic acids is 1. The Morgan fingerprint density at radius 1 is 1.00 bits per heavy atom. The van der Waals surface area contributed by atoms with Crippen molar-refractivity contribution in [3.63, 3.8) is 0 Å². The van der Waals surface area contributed by atoms with Crippen LogP contribution < -0.4 is 10.1 Å². The Morgan fingerprint density at radius 3 is 2.24 bits per heavy atom. The van der Waals surface area contributed by atoms with Crippen molar-refractivity contribution in [3.05, 3.63) is 65.7 Å². The lowest BCUT2D eigenvalue weighted by Crippen LogP contribution is -2.49. The second-order valence-corrected chi connectivity index (χ2v) is 12.3. The molecule has 6 nitrogen and oxygen atoms in total. The summed E-state index contributed by atoms with van der Waals surface area (Å²) in [7, 11) is 0. The molecular weight excluding hydrogens is 476 g/mol. The molecule has 0 aromatic heterocycles. The first-order chi connectivity index (χ1) is 18.1. The molecule has 2 N–H and O–H groups in total. The SMILES string of the molecule is CC(C)Oc1ccccc1CNC1C(c2ccccc2)N(C(=O)C2CCCCC2)C(C(=O)O)C1C(C)(C)C. The van der Waals surface area contributed by atoms with E-state index >= 15 is 0 Å². The van der Waals surface area contributed by atoms with Gasteiger partial charge in [-0.05, 0) is 43.7 Å². The Hall–Kier alpha value is -2.86. The van der Waals surface area contributed by atoms with E-state index in [4.69, 9.17) is 4.74 Å². The molecule has 0 radical (unpaired) electrons. The molecule has 1 aliphatic carbocycles. The first kappa shape index (κ1) is 28.2. The predicted octanol–water partition coefficient (Wildman–Crippen LogP) is 6.21. The molecule has 1 saturated carbocycles. The number of hydrogen-bond acceptors (Lipinski definition) is 4. The van der Waals surface area contributed by atoms with Gasteiger partial charge in [-0.15, -0.1) is 0 Å². The Morgan fingerprint density at radius 2 is 1.63 bits per heavy atom. The number of ether oxygens (including phenoxy) is 1. The van der Waals surface area contributed by atoms with Crippen LogP contribution in [-0.2, 0) is 16.1 Å². The van der Waals surface area contributed by atoms with Gasteiger partial charge in [0.15, 0.2) is 0 Å². The summed E-state index contributed by atoms with van der Waals surface area (Å²) in [5.74, 6) is -0.523. The van der Waals surface area contributed by atoms with Crippen LogP contribution in [-0.4, -0.2) is 40.1 Å². The number of para-hydroxylation sites is 1. The molecule has 2 fully saturated rings. The minimum absolute atomic E-state index is 0.00644. The summed E-state index contributed by atoms with van der Waals surface area (Å²) in [6.07, 6.45) is 4.90. The molecular formula is C32H44N2O4. The number of amides is 1. The number of benzene rings is 2. The Labute approximate surface area is 227 Å². The van der Waals surface area contributed by atoms with Gasteiger partial charge in [0.25, 0.3) is 0 Å². The van der Waals surface area contributed by atoms with Gasteiger partial charge in [0.2, 0.25) is 5.91 Å². The van der Waals surface area contributed by atoms with Gasteiger partial charge in [-0.2, -0.15) is 0 Å². The molecule has 2 aromatic carbocycles. The smallest absolute Gasteiger partial charge is 0.326 e. The molecule has 1 saturated heterocycles. The maximum absolute atomic E-state index is 14.2. The summed E-state index contributed by atoms with van der Waals surface area (Å²) >= 11 is 0. The number of rotatable bonds is 8. The Bertz CT molecular complexity index is 1090. The zero-order valence-electron chi connectivity index (χ0n) is 23.5. The molecule has 2 aliphatic rings. The molecule has 2 aromatic rings. The van der Waals surface area contributed by atoms with Crippen LogP contribution >= 0.6 is 0 Å². The fourth-order valence-electron chi connectivity index (χ4n) is 6.53. The number of aliphatic carboxylic acids is 1. The van der Waals surface area contributed by atoms with Crippen LogP contribution in [0.25, 0.3) is 0 Å². The lowest BCUT2D eigenvalue weighted by Gasteiger charge is -2.36. The molecule has 0 spiro atoms. The molecule has 206 valence electrons. The van der Waals surface area contributed by atoms with Crippen LogP contribution in [0.1, 0.15) is 83.9 Å². The van der Waals surface area contributed by atoms with Gasteiger partial charge in [-0.3, -0.25) is 4.79 Å². The molecule has 4 unspecified atom stereocenters. The minimum atomic E-state index is -0.928. The van der Waals surface area contributed by atoms with Crippen LogP contribution in [0.3, 0.4) is 0 Å². The van der Waals surface area contributed by atoms with E-state index in [0.29, 0.717) is 6.54 Å². The zero-order chi connectivity index (χ0) is 27.4. The standard InChI is InChI=1S/C32H44N2O4/c1-21(2)38-25-19-13-12-18-24(25)20-33-27-26(32(3,4)5)29(31(36)37)34(28(27)22-14-8-6-9-15-22)30(35)23-16-10-7-11-17-23/h6,8-9,12-15,18-19,21,23,26-29,33H,7,10-11,16-17,20H2,1-5H3,(H,36,37). The summed E-state index contributed by atoms with van der Waals surface area (Å²) < 4.78 is 6.07. The Balaban J connectivity index is 1.78. The van der Waals surface area contributed by atoms with Crippen LogP contribution in [0, 0.1) is 17.3 Å². The third-order valence-electron chi connectivity index (χ3n) is 8.13. The summed E-state index contributed by atoms with van der Waals surface area (Å²) in [6.45, 7) is 10.8. The third-order valence-corrected chi connectivity index (χ3v) is 8.13. The topological polar surface area (TPSA) is 78.9 Å². The van der Waals surface area contributed by atoms with E-state index in [-0.39, 0.29) is 41.3 Å². The van der Waals surface area contributed by atoms with Gasteiger partial charge >= 0.3 is 5.97 Å². The third kappa shape index (κ3) is 6.06. The molecule has 38 heavy (non-hydrogen) atoms. The van der Waals surface area contributed by atoms with Crippen molar-refractivity contribution < 1.29 is 19.4 Å². The van der Waals surface area contributed by atoms with Crippen LogP contribution in [0.2, 0.25) is 0 Å². The highest BCUT2D eigenvalue weighted by molar-refractivity contribution is 5.87. The first-order valence-electron chi connectivity index (χ1n) is 14.2.